The number of thiazole rings is 1. The van der Waals surface area contributed by atoms with Crippen molar-refractivity contribution in [3.63, 3.8) is 0 Å². The van der Waals surface area contributed by atoms with E-state index in [1.807, 2.05) is 17.6 Å². The molecule has 0 aliphatic carbocycles. The molecule has 0 spiro atoms. The van der Waals surface area contributed by atoms with Crippen molar-refractivity contribution in [2.75, 3.05) is 13.6 Å². The van der Waals surface area contributed by atoms with Gasteiger partial charge in [-0.2, -0.15) is 0 Å². The molecule has 0 aliphatic rings. The lowest BCUT2D eigenvalue weighted by Gasteiger charge is -2.17. The minimum Gasteiger partial charge on any atom is -0.320 e. The Hall–Kier alpha value is -1.67. The number of benzene rings is 1. The molecular formula is C16H19N3S. The van der Waals surface area contributed by atoms with Gasteiger partial charge in [-0.05, 0) is 25.6 Å². The summed E-state index contributed by atoms with van der Waals surface area (Å²) in [6.07, 6.45) is 0. The van der Waals surface area contributed by atoms with Gasteiger partial charge < -0.3 is 5.73 Å². The van der Waals surface area contributed by atoms with Gasteiger partial charge in [-0.25, -0.2) is 4.98 Å². The zero-order chi connectivity index (χ0) is 14.4. The molecule has 0 bridgehead atoms. The first-order valence-corrected chi connectivity index (χ1v) is 7.43. The van der Waals surface area contributed by atoms with E-state index in [1.165, 1.54) is 10.4 Å². The van der Waals surface area contributed by atoms with Crippen molar-refractivity contribution in [2.45, 2.75) is 20.0 Å². The minimum absolute atomic E-state index is 0.393. The molecule has 20 heavy (non-hydrogen) atoms. The van der Waals surface area contributed by atoms with Crippen molar-refractivity contribution in [1.82, 2.24) is 9.88 Å². The topological polar surface area (TPSA) is 42.2 Å². The van der Waals surface area contributed by atoms with Crippen LogP contribution < -0.4 is 5.73 Å². The Kier molecular flexibility index (Phi) is 5.31. The zero-order valence-electron chi connectivity index (χ0n) is 11.9. The molecule has 2 rings (SSSR count). The first-order chi connectivity index (χ1) is 9.70. The molecule has 0 saturated heterocycles. The van der Waals surface area contributed by atoms with Crippen LogP contribution >= 0.6 is 11.3 Å². The van der Waals surface area contributed by atoms with Crippen LogP contribution in [0.3, 0.4) is 0 Å². The van der Waals surface area contributed by atoms with Crippen LogP contribution in [0.2, 0.25) is 0 Å². The summed E-state index contributed by atoms with van der Waals surface area (Å²) in [5, 5.41) is 0. The molecule has 0 aliphatic heterocycles. The second-order valence-electron chi connectivity index (χ2n) is 4.70. The van der Waals surface area contributed by atoms with Gasteiger partial charge in [0.2, 0.25) is 0 Å². The van der Waals surface area contributed by atoms with Crippen molar-refractivity contribution >= 4 is 11.3 Å². The van der Waals surface area contributed by atoms with Crippen LogP contribution in [0.15, 0.2) is 29.8 Å². The first-order valence-electron chi connectivity index (χ1n) is 6.55. The highest BCUT2D eigenvalue weighted by Gasteiger charge is 2.08. The van der Waals surface area contributed by atoms with Crippen LogP contribution in [-0.2, 0) is 13.1 Å². The summed E-state index contributed by atoms with van der Waals surface area (Å²) in [5.41, 5.74) is 10.8. The average molecular weight is 285 g/mol. The number of nitrogens with two attached hydrogens (primary N) is 1. The van der Waals surface area contributed by atoms with E-state index < -0.39 is 0 Å². The third kappa shape index (κ3) is 3.91. The van der Waals surface area contributed by atoms with Crippen LogP contribution in [0.4, 0.5) is 0 Å². The second kappa shape index (κ2) is 7.20. The van der Waals surface area contributed by atoms with Gasteiger partial charge in [0.1, 0.15) is 0 Å². The van der Waals surface area contributed by atoms with Gasteiger partial charge in [-0.1, -0.05) is 30.0 Å². The second-order valence-corrected chi connectivity index (χ2v) is 5.64. The Bertz CT molecular complexity index is 622. The molecule has 0 radical (unpaired) electrons. The molecule has 1 heterocycles. The Morgan fingerprint density at radius 3 is 2.80 bits per heavy atom. The molecule has 3 nitrogen and oxygen atoms in total. The third-order valence-corrected chi connectivity index (χ3v) is 3.96. The lowest BCUT2D eigenvalue weighted by Crippen LogP contribution is -2.17. The first kappa shape index (κ1) is 14.7. The molecule has 1 aromatic carbocycles. The third-order valence-electron chi connectivity index (χ3n) is 3.04. The van der Waals surface area contributed by atoms with Crippen LogP contribution in [0.1, 0.15) is 21.7 Å². The lowest BCUT2D eigenvalue weighted by molar-refractivity contribution is 0.321. The quantitative estimate of drug-likeness (QED) is 0.877. The highest BCUT2D eigenvalue weighted by Crippen LogP contribution is 2.16. The van der Waals surface area contributed by atoms with Crippen molar-refractivity contribution in [1.29, 1.82) is 0 Å². The standard InChI is InChI=1S/C16H19N3S/c1-13-16(20-12-18-13)11-19(2)10-15-7-4-3-6-14(15)8-5-9-17/h3-4,6-7,12H,9-11,17H2,1-2H3. The molecule has 2 aromatic rings. The molecular weight excluding hydrogens is 266 g/mol. The van der Waals surface area contributed by atoms with Crippen LogP contribution in [-0.4, -0.2) is 23.5 Å². The average Bonchev–Trinajstić information content (AvgIpc) is 2.83. The summed E-state index contributed by atoms with van der Waals surface area (Å²) in [4.78, 5) is 7.89. The molecule has 2 N–H and O–H groups in total. The fraction of sp³-hybridized carbons (Fsp3) is 0.312. The molecule has 104 valence electrons. The van der Waals surface area contributed by atoms with Gasteiger partial charge in [0.05, 0.1) is 17.7 Å². The molecule has 0 amide bonds. The number of aryl methyl sites for hydroxylation is 1. The predicted octanol–water partition coefficient (Wildman–Crippen LogP) is 2.39. The Morgan fingerprint density at radius 1 is 1.30 bits per heavy atom. The molecule has 4 heteroatoms. The van der Waals surface area contributed by atoms with Crippen molar-refractivity contribution < 1.29 is 0 Å². The Labute approximate surface area is 124 Å². The van der Waals surface area contributed by atoms with Gasteiger partial charge in [0, 0.05) is 23.5 Å². The summed E-state index contributed by atoms with van der Waals surface area (Å²) >= 11 is 1.71. The molecule has 0 fully saturated rings. The molecule has 0 saturated carbocycles. The van der Waals surface area contributed by atoms with E-state index in [1.54, 1.807) is 11.3 Å². The van der Waals surface area contributed by atoms with Gasteiger partial charge in [0.25, 0.3) is 0 Å². The largest absolute Gasteiger partial charge is 0.320 e. The maximum Gasteiger partial charge on any atom is 0.0798 e. The molecule has 1 aromatic heterocycles. The number of hydrogen-bond donors (Lipinski definition) is 1. The van der Waals surface area contributed by atoms with E-state index in [2.05, 4.69) is 47.8 Å². The van der Waals surface area contributed by atoms with E-state index in [0.717, 1.165) is 24.3 Å². The SMILES string of the molecule is Cc1ncsc1CN(C)Cc1ccccc1C#CCN. The van der Waals surface area contributed by atoms with Gasteiger partial charge in [0.15, 0.2) is 0 Å². The van der Waals surface area contributed by atoms with Crippen molar-refractivity contribution in [3.05, 3.63) is 51.5 Å². The van der Waals surface area contributed by atoms with Crippen molar-refractivity contribution in [3.8, 4) is 11.8 Å². The number of nitrogens with zero attached hydrogens (tertiary/aromatic N) is 2. The number of hydrogen-bond acceptors (Lipinski definition) is 4. The Balaban J connectivity index is 2.08. The predicted molar refractivity (Wildman–Crippen MR) is 84.4 cm³/mol. The maximum atomic E-state index is 5.45. The minimum atomic E-state index is 0.393. The van der Waals surface area contributed by atoms with Crippen LogP contribution in [0.25, 0.3) is 0 Å². The van der Waals surface area contributed by atoms with E-state index in [0.29, 0.717) is 6.54 Å². The van der Waals surface area contributed by atoms with Gasteiger partial charge in [-0.15, -0.1) is 11.3 Å². The zero-order valence-corrected chi connectivity index (χ0v) is 12.7. The summed E-state index contributed by atoms with van der Waals surface area (Å²) in [7, 11) is 2.12. The van der Waals surface area contributed by atoms with Crippen molar-refractivity contribution in [2.24, 2.45) is 5.73 Å². The number of rotatable bonds is 4. The molecule has 0 unspecified atom stereocenters. The monoisotopic (exact) mass is 285 g/mol. The van der Waals surface area contributed by atoms with E-state index in [9.17, 15) is 0 Å². The highest BCUT2D eigenvalue weighted by atomic mass is 32.1. The summed E-state index contributed by atoms with van der Waals surface area (Å²) < 4.78 is 0. The van der Waals surface area contributed by atoms with Gasteiger partial charge >= 0.3 is 0 Å². The van der Waals surface area contributed by atoms with E-state index >= 15 is 0 Å². The number of aromatic nitrogens is 1. The highest BCUT2D eigenvalue weighted by molar-refractivity contribution is 7.09. The summed E-state index contributed by atoms with van der Waals surface area (Å²) in [6.45, 7) is 4.23. The lowest BCUT2D eigenvalue weighted by atomic mass is 10.1. The summed E-state index contributed by atoms with van der Waals surface area (Å²) in [5.74, 6) is 6.06. The summed E-state index contributed by atoms with van der Waals surface area (Å²) in [6, 6.07) is 8.23. The van der Waals surface area contributed by atoms with E-state index in [-0.39, 0.29) is 0 Å². The van der Waals surface area contributed by atoms with Crippen LogP contribution in [0.5, 0.6) is 0 Å². The Morgan fingerprint density at radius 2 is 2.10 bits per heavy atom. The fourth-order valence-corrected chi connectivity index (χ4v) is 2.85. The maximum absolute atomic E-state index is 5.45. The smallest absolute Gasteiger partial charge is 0.0798 e. The van der Waals surface area contributed by atoms with Crippen LogP contribution in [0, 0.1) is 18.8 Å². The van der Waals surface area contributed by atoms with Gasteiger partial charge in [-0.3, -0.25) is 4.90 Å². The molecule has 0 atom stereocenters. The van der Waals surface area contributed by atoms with E-state index in [4.69, 9.17) is 5.73 Å². The normalized spacial score (nSPS) is 10.4. The fourth-order valence-electron chi connectivity index (χ4n) is 2.00.